The average Bonchev–Trinajstić information content (AvgIpc) is 2.94. The molecule has 2 aromatic carbocycles. The maximum atomic E-state index is 12.7. The second-order valence-electron chi connectivity index (χ2n) is 6.12. The molecule has 0 aliphatic rings. The van der Waals surface area contributed by atoms with Crippen LogP contribution in [0.15, 0.2) is 61.2 Å². The van der Waals surface area contributed by atoms with Gasteiger partial charge in [-0.25, -0.2) is 4.68 Å². The van der Waals surface area contributed by atoms with E-state index < -0.39 is 41.3 Å². The van der Waals surface area contributed by atoms with Gasteiger partial charge in [-0.2, -0.15) is 16.8 Å². The number of benzene rings is 2. The molecule has 0 saturated carbocycles. The number of aromatic nitrogens is 2. The summed E-state index contributed by atoms with van der Waals surface area (Å²) >= 11 is 5.90. The lowest BCUT2D eigenvalue weighted by Crippen LogP contribution is -2.17. The molecule has 0 bridgehead atoms. The van der Waals surface area contributed by atoms with E-state index in [1.807, 2.05) is 0 Å². The van der Waals surface area contributed by atoms with Gasteiger partial charge >= 0.3 is 0 Å². The molecule has 0 fully saturated rings. The van der Waals surface area contributed by atoms with Crippen molar-refractivity contribution in [3.8, 4) is 11.4 Å². The van der Waals surface area contributed by atoms with Gasteiger partial charge in [-0.3, -0.25) is 19.0 Å². The minimum absolute atomic E-state index is 0.160. The summed E-state index contributed by atoms with van der Waals surface area (Å²) in [4.78, 5) is 11.4. The molecule has 3 rings (SSSR count). The van der Waals surface area contributed by atoms with E-state index in [4.69, 9.17) is 16.2 Å². The summed E-state index contributed by atoms with van der Waals surface area (Å²) in [5.74, 6) is -0.842. The number of rotatable bonds is 5. The molecule has 164 valence electrons. The Morgan fingerprint density at radius 2 is 1.61 bits per heavy atom. The Kier molecular flexibility index (Phi) is 5.77. The summed E-state index contributed by atoms with van der Waals surface area (Å²) in [7, 11) is -9.36. The quantitative estimate of drug-likeness (QED) is 0.311. The van der Waals surface area contributed by atoms with E-state index >= 15 is 0 Å². The second-order valence-corrected chi connectivity index (χ2v) is 9.30. The molecule has 31 heavy (non-hydrogen) atoms. The maximum absolute atomic E-state index is 12.7. The van der Waals surface area contributed by atoms with Crippen LogP contribution >= 0.6 is 11.6 Å². The molecule has 4 N–H and O–H groups in total. The Balaban J connectivity index is 2.09. The van der Waals surface area contributed by atoms with E-state index in [1.165, 1.54) is 25.1 Å². The SMILES string of the molecule is Cc1[nH]n(-c2ccccc2S(=O)(=O)O)c(=O)c1N=Nc1cc(O)c(S(=O)(=O)O)cc1Cl. The van der Waals surface area contributed by atoms with Crippen LogP contribution in [0.5, 0.6) is 5.75 Å². The van der Waals surface area contributed by atoms with Crippen molar-refractivity contribution in [3.63, 3.8) is 0 Å². The first-order valence-corrected chi connectivity index (χ1v) is 11.4. The molecule has 3 aromatic rings. The molecule has 1 heterocycles. The monoisotopic (exact) mass is 488 g/mol. The highest BCUT2D eigenvalue weighted by Gasteiger charge is 2.21. The number of para-hydroxylation sites is 1. The van der Waals surface area contributed by atoms with Crippen LogP contribution in [0.25, 0.3) is 5.69 Å². The van der Waals surface area contributed by atoms with E-state index in [2.05, 4.69) is 15.3 Å². The molecule has 0 saturated heterocycles. The molecule has 0 atom stereocenters. The van der Waals surface area contributed by atoms with Crippen LogP contribution in [-0.4, -0.2) is 40.8 Å². The molecule has 0 unspecified atom stereocenters. The molecule has 1 aromatic heterocycles. The molecular weight excluding hydrogens is 476 g/mol. The number of halogens is 1. The highest BCUT2D eigenvalue weighted by Crippen LogP contribution is 2.35. The summed E-state index contributed by atoms with van der Waals surface area (Å²) in [6.07, 6.45) is 0. The van der Waals surface area contributed by atoms with Crippen LogP contribution in [-0.2, 0) is 20.2 Å². The van der Waals surface area contributed by atoms with Gasteiger partial charge in [-0.05, 0) is 25.1 Å². The van der Waals surface area contributed by atoms with Crippen molar-refractivity contribution in [3.05, 3.63) is 57.5 Å². The Morgan fingerprint density at radius 1 is 1.00 bits per heavy atom. The van der Waals surface area contributed by atoms with Crippen LogP contribution in [0.1, 0.15) is 5.69 Å². The smallest absolute Gasteiger partial charge is 0.299 e. The molecule has 0 radical (unpaired) electrons. The van der Waals surface area contributed by atoms with Crippen molar-refractivity contribution in [2.75, 3.05) is 0 Å². The summed E-state index contributed by atoms with van der Waals surface area (Å²) in [6.45, 7) is 1.45. The minimum atomic E-state index is -4.73. The van der Waals surface area contributed by atoms with Crippen molar-refractivity contribution >= 4 is 43.2 Å². The van der Waals surface area contributed by atoms with Gasteiger partial charge in [0, 0.05) is 6.07 Å². The number of H-pyrrole nitrogens is 1. The topological polar surface area (TPSA) is 191 Å². The number of aryl methyl sites for hydroxylation is 1. The highest BCUT2D eigenvalue weighted by molar-refractivity contribution is 7.86. The van der Waals surface area contributed by atoms with Crippen molar-refractivity contribution in [2.45, 2.75) is 16.7 Å². The number of azo groups is 1. The lowest BCUT2D eigenvalue weighted by atomic mass is 10.3. The van der Waals surface area contributed by atoms with Crippen LogP contribution in [0.4, 0.5) is 11.4 Å². The number of phenolic OH excluding ortho intramolecular Hbond substituents is 1. The summed E-state index contributed by atoms with van der Waals surface area (Å²) < 4.78 is 64.9. The van der Waals surface area contributed by atoms with Gasteiger partial charge in [0.2, 0.25) is 0 Å². The zero-order valence-electron chi connectivity index (χ0n) is 15.4. The fourth-order valence-corrected chi connectivity index (χ4v) is 4.14. The van der Waals surface area contributed by atoms with Gasteiger partial charge < -0.3 is 5.11 Å². The molecule has 0 amide bonds. The standard InChI is InChI=1S/C16H13ClN4O8S2/c1-8-15(19-18-10-7-12(22)14(6-9(10)17)31(27,28)29)16(23)21(20-8)11-4-2-3-5-13(11)30(24,25)26/h2-7,20,22H,1H3,(H,24,25,26)(H,27,28,29). The lowest BCUT2D eigenvalue weighted by molar-refractivity contribution is 0.443. The number of hydrogen-bond acceptors (Lipinski definition) is 8. The molecular formula is C16H13ClN4O8S2. The van der Waals surface area contributed by atoms with Crippen LogP contribution < -0.4 is 5.56 Å². The summed E-state index contributed by atoms with van der Waals surface area (Å²) in [5.41, 5.74) is -1.26. The highest BCUT2D eigenvalue weighted by atomic mass is 35.5. The number of phenols is 1. The Hall–Kier alpha value is -3.04. The molecule has 0 aliphatic heterocycles. The third kappa shape index (κ3) is 4.52. The van der Waals surface area contributed by atoms with Gasteiger partial charge in [0.25, 0.3) is 25.8 Å². The molecule has 15 heteroatoms. The molecule has 0 aliphatic carbocycles. The van der Waals surface area contributed by atoms with Gasteiger partial charge in [0.05, 0.1) is 16.4 Å². The first-order valence-electron chi connectivity index (χ1n) is 8.11. The largest absolute Gasteiger partial charge is 0.506 e. The van der Waals surface area contributed by atoms with E-state index in [1.54, 1.807) is 0 Å². The van der Waals surface area contributed by atoms with Crippen LogP contribution in [0.2, 0.25) is 5.02 Å². The summed E-state index contributed by atoms with van der Waals surface area (Å²) in [5, 5.41) is 19.6. The van der Waals surface area contributed by atoms with Gasteiger partial charge in [0.15, 0.2) is 5.69 Å². The fraction of sp³-hybridized carbons (Fsp3) is 0.0625. The van der Waals surface area contributed by atoms with Crippen molar-refractivity contribution in [1.29, 1.82) is 0 Å². The molecule has 0 spiro atoms. The minimum Gasteiger partial charge on any atom is -0.506 e. The third-order valence-electron chi connectivity index (χ3n) is 3.99. The fourth-order valence-electron chi connectivity index (χ4n) is 2.60. The zero-order chi connectivity index (χ0) is 23.1. The zero-order valence-corrected chi connectivity index (χ0v) is 17.8. The van der Waals surface area contributed by atoms with Crippen molar-refractivity contribution < 1.29 is 31.0 Å². The number of nitrogens with one attached hydrogen (secondary N) is 1. The third-order valence-corrected chi connectivity index (χ3v) is 6.08. The predicted octanol–water partition coefficient (Wildman–Crippen LogP) is 2.74. The Morgan fingerprint density at radius 3 is 2.23 bits per heavy atom. The Bertz CT molecular complexity index is 1490. The number of nitrogens with zero attached hydrogens (tertiary/aromatic N) is 3. The van der Waals surface area contributed by atoms with Crippen LogP contribution in [0.3, 0.4) is 0 Å². The van der Waals surface area contributed by atoms with Crippen LogP contribution in [0, 0.1) is 6.92 Å². The lowest BCUT2D eigenvalue weighted by Gasteiger charge is -2.06. The predicted molar refractivity (Wildman–Crippen MR) is 108 cm³/mol. The first kappa shape index (κ1) is 22.6. The van der Waals surface area contributed by atoms with Gasteiger partial charge in [-0.1, -0.05) is 23.7 Å². The van der Waals surface area contributed by atoms with Crippen molar-refractivity contribution in [1.82, 2.24) is 9.78 Å². The second kappa shape index (κ2) is 7.90. The summed E-state index contributed by atoms with van der Waals surface area (Å²) in [6, 6.07) is 6.78. The normalized spacial score (nSPS) is 12.5. The van der Waals surface area contributed by atoms with Gasteiger partial charge in [0.1, 0.15) is 21.2 Å². The maximum Gasteiger partial charge on any atom is 0.299 e. The number of hydrogen-bond donors (Lipinski definition) is 4. The first-order chi connectivity index (χ1) is 14.3. The van der Waals surface area contributed by atoms with Crippen molar-refractivity contribution in [2.24, 2.45) is 10.2 Å². The van der Waals surface area contributed by atoms with E-state index in [-0.39, 0.29) is 27.8 Å². The van der Waals surface area contributed by atoms with E-state index in [9.17, 15) is 31.3 Å². The van der Waals surface area contributed by atoms with E-state index in [0.717, 1.165) is 22.9 Å². The number of aromatic hydroxyl groups is 1. The number of aromatic amines is 1. The van der Waals surface area contributed by atoms with Gasteiger partial charge in [-0.15, -0.1) is 10.2 Å². The molecule has 12 nitrogen and oxygen atoms in total. The Labute approximate surface area is 179 Å². The average molecular weight is 489 g/mol. The van der Waals surface area contributed by atoms with E-state index in [0.29, 0.717) is 0 Å².